The first-order valence-electron chi connectivity index (χ1n) is 24.2. The number of carbonyl (C=O) groups excluding carboxylic acids is 9. The van der Waals surface area contributed by atoms with E-state index in [4.69, 9.17) is 41.7 Å². The average molecular weight is 1180 g/mol. The largest absolute Gasteiger partial charge is 0.480 e. The maximum atomic E-state index is 13.6. The fourth-order valence-electron chi connectivity index (χ4n) is 7.21. The number of nitrogens with one attached hydrogen (secondary N) is 8. The molecule has 1 aliphatic heterocycles. The number of carboxylic acid groups (broad SMARTS) is 1. The molecular formula is C42H68N17O19PS. The van der Waals surface area contributed by atoms with Crippen LogP contribution in [0.2, 0.25) is 0 Å². The summed E-state index contributed by atoms with van der Waals surface area (Å²) in [6.45, 7) is 0.135. The number of phosphoric acid groups is 1. The van der Waals surface area contributed by atoms with E-state index in [-0.39, 0.29) is 50.4 Å². The van der Waals surface area contributed by atoms with Crippen LogP contribution in [0.1, 0.15) is 58.6 Å². The van der Waals surface area contributed by atoms with Crippen LogP contribution in [0, 0.1) is 0 Å². The molecule has 9 unspecified atom stereocenters. The van der Waals surface area contributed by atoms with Crippen molar-refractivity contribution in [3.05, 3.63) is 18.9 Å². The lowest BCUT2D eigenvalue weighted by molar-refractivity contribution is -0.144. The van der Waals surface area contributed by atoms with Gasteiger partial charge >= 0.3 is 13.8 Å². The Balaban J connectivity index is 1.49. The Hall–Kier alpha value is -7.22. The molecule has 36 nitrogen and oxygen atoms in total. The topological polar surface area (TPSA) is 562 Å². The number of hydrogen-bond acceptors (Lipinski definition) is 23. The van der Waals surface area contributed by atoms with E-state index in [1.807, 2.05) is 0 Å². The normalized spacial score (nSPS) is 19.2. The SMILES string of the molecule is CSCCC(NC=O)C(=O)NC(CCCN=C(N)N)C(=O)NC(C(=O)NCC(=O)NC(CC(N)=O)C(=O)NC(C)C(=O)NC(CC(=O)NCCCOP(=O)(O)OC[C@H]1O[C@@H](n2cnc3ncncc32)C(O)C1O)C(=O)O)[C@@H](C)ON. The first-order chi connectivity index (χ1) is 37.8. The number of carboxylic acids is 1. The Morgan fingerprint density at radius 3 is 2.19 bits per heavy atom. The van der Waals surface area contributed by atoms with Gasteiger partial charge in [0.05, 0.1) is 45.1 Å². The zero-order valence-electron chi connectivity index (χ0n) is 43.5. The van der Waals surface area contributed by atoms with Gasteiger partial charge in [0.1, 0.15) is 72.5 Å². The van der Waals surface area contributed by atoms with Crippen LogP contribution in [-0.2, 0) is 71.1 Å². The van der Waals surface area contributed by atoms with Crippen molar-refractivity contribution < 1.29 is 91.3 Å². The molecule has 0 radical (unpaired) electrons. The smallest absolute Gasteiger partial charge is 0.472 e. The van der Waals surface area contributed by atoms with Gasteiger partial charge in [-0.05, 0) is 51.5 Å². The minimum absolute atomic E-state index is 0.0486. The van der Waals surface area contributed by atoms with E-state index in [0.29, 0.717) is 17.7 Å². The van der Waals surface area contributed by atoms with E-state index in [2.05, 4.69) is 62.5 Å². The number of aliphatic imine (C=N–C) groups is 1. The van der Waals surface area contributed by atoms with Crippen molar-refractivity contribution in [2.75, 3.05) is 44.9 Å². The number of rotatable bonds is 37. The maximum absolute atomic E-state index is 13.6. The van der Waals surface area contributed by atoms with Crippen LogP contribution < -0.4 is 65.6 Å². The number of aliphatic carboxylic acids is 1. The number of guanidine groups is 1. The molecule has 0 saturated carbocycles. The number of fused-ring (bicyclic) bond motifs is 1. The third-order valence-corrected chi connectivity index (χ3v) is 13.1. The number of aromatic nitrogens is 4. The second kappa shape index (κ2) is 33.4. The minimum atomic E-state index is -4.78. The third-order valence-electron chi connectivity index (χ3n) is 11.4. The van der Waals surface area contributed by atoms with Crippen molar-refractivity contribution in [1.82, 2.24) is 62.1 Å². The van der Waals surface area contributed by atoms with E-state index < -0.39 is 161 Å². The number of nitrogens with zero attached hydrogens (tertiary/aromatic N) is 5. The van der Waals surface area contributed by atoms with Crippen LogP contribution >= 0.6 is 19.6 Å². The van der Waals surface area contributed by atoms with E-state index >= 15 is 0 Å². The number of nitrogens with two attached hydrogens (primary N) is 4. The molecular weight excluding hydrogens is 1110 g/mol. The zero-order valence-corrected chi connectivity index (χ0v) is 45.2. The van der Waals surface area contributed by atoms with Gasteiger partial charge in [-0.25, -0.2) is 30.2 Å². The lowest BCUT2D eigenvalue weighted by Crippen LogP contribution is -2.60. The van der Waals surface area contributed by atoms with Crippen LogP contribution in [0.15, 0.2) is 23.8 Å². The summed E-state index contributed by atoms with van der Waals surface area (Å²) < 4.78 is 29.4. The highest BCUT2D eigenvalue weighted by Gasteiger charge is 2.45. The molecule has 3 rings (SSSR count). The highest BCUT2D eigenvalue weighted by Crippen LogP contribution is 2.44. The van der Waals surface area contributed by atoms with Crippen molar-refractivity contribution in [3.63, 3.8) is 0 Å². The highest BCUT2D eigenvalue weighted by molar-refractivity contribution is 7.98. The molecule has 0 aromatic carbocycles. The molecule has 20 N–H and O–H groups in total. The Kier molecular flexibility index (Phi) is 28.0. The first kappa shape index (κ1) is 67.1. The summed E-state index contributed by atoms with van der Waals surface area (Å²) in [5.74, 6) is -4.22. The number of imidazole rings is 1. The Labute approximate surface area is 459 Å². The Morgan fingerprint density at radius 1 is 0.850 bits per heavy atom. The minimum Gasteiger partial charge on any atom is -0.480 e. The van der Waals surface area contributed by atoms with Crippen LogP contribution in [0.5, 0.6) is 0 Å². The van der Waals surface area contributed by atoms with E-state index in [1.54, 1.807) is 6.26 Å². The quantitative estimate of drug-likeness (QED) is 0.00746. The molecule has 1 aliphatic rings. The summed E-state index contributed by atoms with van der Waals surface area (Å²) >= 11 is 1.40. The molecule has 12 atom stereocenters. The van der Waals surface area contributed by atoms with Crippen molar-refractivity contribution in [3.8, 4) is 0 Å². The molecule has 0 bridgehead atoms. The van der Waals surface area contributed by atoms with Gasteiger partial charge in [0.15, 0.2) is 17.8 Å². The summed E-state index contributed by atoms with van der Waals surface area (Å²) in [6.07, 6.45) is -2.20. The highest BCUT2D eigenvalue weighted by atomic mass is 32.2. The van der Waals surface area contributed by atoms with Gasteiger partial charge in [0.25, 0.3) is 0 Å². The zero-order chi connectivity index (χ0) is 59.7. The summed E-state index contributed by atoms with van der Waals surface area (Å²) in [5, 5.41) is 49.1. The fourth-order valence-corrected chi connectivity index (χ4v) is 8.45. The standard InChI is InChI=1S/C42H68N17O19PS/c1-20(35(66)57-25(41(71)72)13-29(62)48-9-5-10-75-79(73,74)76-16-27-32(64)33(65)40(77-27)59-18-52-34-26(59)14-47-17-51-34)54-38(69)24(12-28(43)61)55-30(63)15-50-39(70)31(21(2)78-46)58-37(68)23(6-4-8-49-42(44)45)56-36(67)22(53-19-60)7-11-80-3/h14,17-25,27,31-33,40,64-65H,4-13,15-16,46H2,1-3H3,(H2,43,61)(H,48,62)(H,50,70)(H,53,60)(H,54,69)(H,55,63)(H,56,67)(H,57,66)(H,58,68)(H,71,72)(H,73,74)(H4,44,45,49)/t20?,21-,22?,23?,24?,25?,27-,31?,32?,33?,40-/m1/s1. The molecule has 446 valence electrons. The van der Waals surface area contributed by atoms with Crippen molar-refractivity contribution in [2.45, 2.75) is 119 Å². The molecule has 38 heteroatoms. The number of phosphoric ester groups is 1. The van der Waals surface area contributed by atoms with Crippen molar-refractivity contribution >= 4 is 96.3 Å². The number of aliphatic hydroxyl groups is 2. The van der Waals surface area contributed by atoms with Gasteiger partial charge in [-0.1, -0.05) is 0 Å². The predicted octanol–water partition coefficient (Wildman–Crippen LogP) is -7.80. The van der Waals surface area contributed by atoms with Gasteiger partial charge in [-0.3, -0.25) is 66.6 Å². The molecule has 0 aliphatic carbocycles. The summed E-state index contributed by atoms with van der Waals surface area (Å²) in [7, 11) is -4.78. The van der Waals surface area contributed by atoms with Gasteiger partial charge in [-0.2, -0.15) is 11.8 Å². The van der Waals surface area contributed by atoms with E-state index in [0.717, 1.165) is 6.92 Å². The molecule has 1 fully saturated rings. The fraction of sp³-hybridized carbons (Fsp3) is 0.619. The van der Waals surface area contributed by atoms with Gasteiger partial charge in [-0.15, -0.1) is 0 Å². The monoisotopic (exact) mass is 1180 g/mol. The summed E-state index contributed by atoms with van der Waals surface area (Å²) in [4.78, 5) is 158. The summed E-state index contributed by atoms with van der Waals surface area (Å²) in [6, 6.07) is -9.18. The van der Waals surface area contributed by atoms with Crippen LogP contribution in [-0.4, -0.2) is 211 Å². The number of aliphatic hydroxyl groups excluding tert-OH is 2. The Bertz CT molecular complexity index is 2550. The van der Waals surface area contributed by atoms with Gasteiger partial charge in [0, 0.05) is 13.1 Å². The Morgan fingerprint density at radius 2 is 1.54 bits per heavy atom. The molecule has 2 aromatic rings. The number of amides is 9. The van der Waals surface area contributed by atoms with Crippen molar-refractivity contribution in [1.29, 1.82) is 0 Å². The summed E-state index contributed by atoms with van der Waals surface area (Å²) in [5.41, 5.74) is 16.7. The van der Waals surface area contributed by atoms with Crippen LogP contribution in [0.3, 0.4) is 0 Å². The third kappa shape index (κ3) is 22.1. The number of thioether (sulfide) groups is 1. The second-order valence-corrected chi connectivity index (χ2v) is 20.0. The number of carbonyl (C=O) groups is 10. The van der Waals surface area contributed by atoms with E-state index in [9.17, 15) is 72.7 Å². The van der Waals surface area contributed by atoms with Crippen LogP contribution in [0.4, 0.5) is 0 Å². The predicted molar refractivity (Wildman–Crippen MR) is 276 cm³/mol. The molecule has 0 spiro atoms. The number of hydrogen-bond donors (Lipinski definition) is 16. The maximum Gasteiger partial charge on any atom is 0.472 e. The van der Waals surface area contributed by atoms with Crippen molar-refractivity contribution in [2.24, 2.45) is 28.1 Å². The lowest BCUT2D eigenvalue weighted by Gasteiger charge is -2.27. The molecule has 1 saturated heterocycles. The van der Waals surface area contributed by atoms with E-state index in [1.165, 1.54) is 42.1 Å². The number of ether oxygens (including phenoxy) is 1. The average Bonchev–Trinajstić information content (AvgIpc) is 3.95. The second-order valence-electron chi connectivity index (χ2n) is 17.5. The van der Waals surface area contributed by atoms with Crippen LogP contribution in [0.25, 0.3) is 11.2 Å². The molecule has 80 heavy (non-hydrogen) atoms. The lowest BCUT2D eigenvalue weighted by atomic mass is 10.1. The molecule has 2 aromatic heterocycles. The molecule has 3 heterocycles. The molecule has 9 amide bonds. The first-order valence-corrected chi connectivity index (χ1v) is 27.1. The van der Waals surface area contributed by atoms with Gasteiger partial charge in [0.2, 0.25) is 53.7 Å². The number of primary amides is 1. The van der Waals surface area contributed by atoms with Gasteiger partial charge < -0.3 is 84.7 Å².